The Hall–Kier alpha value is -2.70. The number of nitrogens with zero attached hydrogens (tertiary/aromatic N) is 2. The fraction of sp³-hybridized carbons (Fsp3) is 0.318. The Morgan fingerprint density at radius 1 is 1.14 bits per heavy atom. The minimum atomic E-state index is -0.237. The van der Waals surface area contributed by atoms with Crippen LogP contribution in [0.15, 0.2) is 47.3 Å². The fourth-order valence-electron chi connectivity index (χ4n) is 3.03. The largest absolute Gasteiger partial charge is 0.325 e. The summed E-state index contributed by atoms with van der Waals surface area (Å²) in [5.41, 5.74) is 1.70. The van der Waals surface area contributed by atoms with E-state index in [9.17, 15) is 9.59 Å². The highest BCUT2D eigenvalue weighted by atomic mass is 35.5. The van der Waals surface area contributed by atoms with Crippen LogP contribution in [0.3, 0.4) is 0 Å². The van der Waals surface area contributed by atoms with Crippen molar-refractivity contribution in [2.24, 2.45) is 0 Å². The molecule has 2 aromatic carbocycles. The Labute approximate surface area is 175 Å². The molecule has 154 valence electrons. The number of unbranched alkanes of at least 4 members (excludes halogenated alkanes) is 1. The van der Waals surface area contributed by atoms with Crippen LogP contribution >= 0.6 is 11.6 Å². The number of fused-ring (bicyclic) bond motifs is 1. The van der Waals surface area contributed by atoms with Crippen molar-refractivity contribution in [3.63, 3.8) is 0 Å². The van der Waals surface area contributed by atoms with Crippen LogP contribution in [0, 0.1) is 0 Å². The van der Waals surface area contributed by atoms with E-state index in [1.165, 1.54) is 0 Å². The van der Waals surface area contributed by atoms with Gasteiger partial charge >= 0.3 is 0 Å². The van der Waals surface area contributed by atoms with Gasteiger partial charge in [-0.1, -0.05) is 43.3 Å². The third kappa shape index (κ3) is 5.65. The van der Waals surface area contributed by atoms with E-state index in [4.69, 9.17) is 11.6 Å². The molecular weight excluding hydrogens is 388 g/mol. The fourth-order valence-corrected chi connectivity index (χ4v) is 3.19. The van der Waals surface area contributed by atoms with Crippen LogP contribution in [0.2, 0.25) is 5.02 Å². The number of hydrogen-bond donors (Lipinski definition) is 2. The average molecular weight is 415 g/mol. The molecule has 0 atom stereocenters. The van der Waals surface area contributed by atoms with Gasteiger partial charge in [0.25, 0.3) is 5.56 Å². The molecule has 0 saturated heterocycles. The molecule has 7 heteroatoms. The van der Waals surface area contributed by atoms with E-state index < -0.39 is 0 Å². The smallest absolute Gasteiger partial charge is 0.272 e. The van der Waals surface area contributed by atoms with Crippen molar-refractivity contribution >= 4 is 34.0 Å². The van der Waals surface area contributed by atoms with Gasteiger partial charge in [-0.15, -0.1) is 0 Å². The SMILES string of the molecule is C.CN(C)CCCCC(=O)Nc1cc(-c2n[nH]c(=O)c3ccccc23)ccc1Cl. The zero-order chi connectivity index (χ0) is 20.1. The predicted molar refractivity (Wildman–Crippen MR) is 121 cm³/mol. The van der Waals surface area contributed by atoms with Gasteiger partial charge in [0.1, 0.15) is 0 Å². The van der Waals surface area contributed by atoms with Crippen LogP contribution in [0.1, 0.15) is 26.7 Å². The number of aromatic amines is 1. The number of halogens is 1. The predicted octanol–water partition coefficient (Wildman–Crippen LogP) is 4.55. The molecule has 2 N–H and O–H groups in total. The van der Waals surface area contributed by atoms with Crippen molar-refractivity contribution in [1.29, 1.82) is 0 Å². The lowest BCUT2D eigenvalue weighted by Gasteiger charge is -2.11. The van der Waals surface area contributed by atoms with Crippen LogP contribution in [-0.4, -0.2) is 41.6 Å². The van der Waals surface area contributed by atoms with E-state index >= 15 is 0 Å². The number of benzene rings is 2. The van der Waals surface area contributed by atoms with Gasteiger partial charge in [0.2, 0.25) is 5.91 Å². The minimum Gasteiger partial charge on any atom is -0.325 e. The zero-order valence-electron chi connectivity index (χ0n) is 16.0. The van der Waals surface area contributed by atoms with Gasteiger partial charge in [-0.3, -0.25) is 9.59 Å². The molecule has 1 amide bonds. The summed E-state index contributed by atoms with van der Waals surface area (Å²) in [5, 5.41) is 11.4. The number of anilines is 1. The highest BCUT2D eigenvalue weighted by Crippen LogP contribution is 2.30. The van der Waals surface area contributed by atoms with Crippen LogP contribution in [-0.2, 0) is 4.79 Å². The Bertz CT molecular complexity index is 1050. The first-order chi connectivity index (χ1) is 13.5. The second-order valence-corrected chi connectivity index (χ2v) is 7.36. The standard InChI is InChI=1S/C21H23ClN4O2.CH4/c1-26(2)12-6-5-9-19(27)23-18-13-14(10-11-17(18)22)20-15-7-3-4-8-16(15)21(28)25-24-20;/h3-4,7-8,10-11,13H,5-6,9,12H2,1-2H3,(H,23,27)(H,25,28);1H4. The molecular formula is C22H27ClN4O2. The van der Waals surface area contributed by atoms with E-state index in [1.54, 1.807) is 18.2 Å². The first-order valence-electron chi connectivity index (χ1n) is 9.17. The van der Waals surface area contributed by atoms with Gasteiger partial charge in [0, 0.05) is 17.4 Å². The van der Waals surface area contributed by atoms with Gasteiger partial charge in [0.05, 0.1) is 21.8 Å². The molecule has 0 bridgehead atoms. The molecule has 0 spiro atoms. The van der Waals surface area contributed by atoms with Crippen LogP contribution in [0.4, 0.5) is 5.69 Å². The summed E-state index contributed by atoms with van der Waals surface area (Å²) in [6, 6.07) is 12.6. The number of aromatic nitrogens is 2. The zero-order valence-corrected chi connectivity index (χ0v) is 16.7. The second-order valence-electron chi connectivity index (χ2n) is 6.95. The highest BCUT2D eigenvalue weighted by Gasteiger charge is 2.12. The number of carbonyl (C=O) groups excluding carboxylic acids is 1. The highest BCUT2D eigenvalue weighted by molar-refractivity contribution is 6.33. The van der Waals surface area contributed by atoms with Gasteiger partial charge in [0.15, 0.2) is 0 Å². The molecule has 0 unspecified atom stereocenters. The van der Waals surface area contributed by atoms with E-state index in [1.807, 2.05) is 38.4 Å². The number of hydrogen-bond acceptors (Lipinski definition) is 4. The Balaban J connectivity index is 0.00000300. The average Bonchev–Trinajstić information content (AvgIpc) is 2.68. The number of H-pyrrole nitrogens is 1. The van der Waals surface area contributed by atoms with Crippen LogP contribution < -0.4 is 10.9 Å². The molecule has 29 heavy (non-hydrogen) atoms. The Morgan fingerprint density at radius 2 is 1.86 bits per heavy atom. The maximum Gasteiger partial charge on any atom is 0.272 e. The summed E-state index contributed by atoms with van der Waals surface area (Å²) < 4.78 is 0. The lowest BCUT2D eigenvalue weighted by Crippen LogP contribution is -2.15. The molecule has 1 heterocycles. The maximum absolute atomic E-state index is 12.3. The van der Waals surface area contributed by atoms with E-state index in [-0.39, 0.29) is 18.9 Å². The third-order valence-corrected chi connectivity index (χ3v) is 4.80. The van der Waals surface area contributed by atoms with Gasteiger partial charge < -0.3 is 10.2 Å². The van der Waals surface area contributed by atoms with Crippen molar-refractivity contribution < 1.29 is 4.79 Å². The molecule has 3 rings (SSSR count). The normalized spacial score (nSPS) is 10.8. The molecule has 0 radical (unpaired) electrons. The summed E-state index contributed by atoms with van der Waals surface area (Å²) in [4.78, 5) is 26.4. The summed E-state index contributed by atoms with van der Waals surface area (Å²) in [7, 11) is 4.03. The maximum atomic E-state index is 12.3. The first-order valence-corrected chi connectivity index (χ1v) is 9.55. The second kappa shape index (κ2) is 10.2. The summed E-state index contributed by atoms with van der Waals surface area (Å²) in [6.45, 7) is 0.953. The van der Waals surface area contributed by atoms with E-state index in [0.717, 1.165) is 30.3 Å². The third-order valence-electron chi connectivity index (χ3n) is 4.47. The van der Waals surface area contributed by atoms with Crippen molar-refractivity contribution in [3.8, 4) is 11.3 Å². The van der Waals surface area contributed by atoms with Gasteiger partial charge in [-0.25, -0.2) is 5.10 Å². The summed E-state index contributed by atoms with van der Waals surface area (Å²) in [6.07, 6.45) is 2.21. The topological polar surface area (TPSA) is 78.1 Å². The number of nitrogens with one attached hydrogen (secondary N) is 2. The number of rotatable bonds is 7. The molecule has 0 aliphatic carbocycles. The van der Waals surface area contributed by atoms with E-state index in [0.29, 0.717) is 28.2 Å². The van der Waals surface area contributed by atoms with Crippen molar-refractivity contribution in [2.75, 3.05) is 26.0 Å². The molecule has 0 aliphatic heterocycles. The number of amides is 1. The van der Waals surface area contributed by atoms with Crippen molar-refractivity contribution in [1.82, 2.24) is 15.1 Å². The van der Waals surface area contributed by atoms with Crippen molar-refractivity contribution in [3.05, 3.63) is 57.8 Å². The lowest BCUT2D eigenvalue weighted by atomic mass is 10.0. The first kappa shape index (κ1) is 22.6. The number of carbonyl (C=O) groups is 1. The molecule has 6 nitrogen and oxygen atoms in total. The van der Waals surface area contributed by atoms with Crippen molar-refractivity contribution in [2.45, 2.75) is 26.7 Å². The van der Waals surface area contributed by atoms with Crippen LogP contribution in [0.5, 0.6) is 0 Å². The van der Waals surface area contributed by atoms with Gasteiger partial charge in [-0.05, 0) is 51.7 Å². The monoisotopic (exact) mass is 414 g/mol. The lowest BCUT2D eigenvalue weighted by molar-refractivity contribution is -0.116. The quantitative estimate of drug-likeness (QED) is 0.556. The molecule has 0 fully saturated rings. The molecule has 0 saturated carbocycles. The summed E-state index contributed by atoms with van der Waals surface area (Å²) in [5.74, 6) is -0.0721. The van der Waals surface area contributed by atoms with Gasteiger partial charge in [-0.2, -0.15) is 5.10 Å². The summed E-state index contributed by atoms with van der Waals surface area (Å²) >= 11 is 6.27. The minimum absolute atomic E-state index is 0. The molecule has 3 aromatic rings. The van der Waals surface area contributed by atoms with Crippen LogP contribution in [0.25, 0.3) is 22.0 Å². The molecule has 0 aliphatic rings. The Kier molecular flexibility index (Phi) is 7.93. The molecule has 1 aromatic heterocycles. The Morgan fingerprint density at radius 3 is 2.59 bits per heavy atom. The van der Waals surface area contributed by atoms with E-state index in [2.05, 4.69) is 20.4 Å².